The second-order valence-corrected chi connectivity index (χ2v) is 5.85. The highest BCUT2D eigenvalue weighted by Crippen LogP contribution is 2.46. The number of hydrogen-bond acceptors (Lipinski definition) is 2. The maximum Gasteiger partial charge on any atom is 0.112 e. The van der Waals surface area contributed by atoms with Crippen molar-refractivity contribution in [3.63, 3.8) is 0 Å². The largest absolute Gasteiger partial charge is 0.386 e. The van der Waals surface area contributed by atoms with Crippen molar-refractivity contribution in [2.45, 2.75) is 37.7 Å². The minimum Gasteiger partial charge on any atom is -0.386 e. The van der Waals surface area contributed by atoms with Crippen LogP contribution in [0.5, 0.6) is 0 Å². The third-order valence-electron chi connectivity index (χ3n) is 4.66. The number of aliphatic hydroxyl groups excluding tert-OH is 1. The van der Waals surface area contributed by atoms with E-state index < -0.39 is 11.5 Å². The van der Waals surface area contributed by atoms with Gasteiger partial charge in [0.25, 0.3) is 0 Å². The van der Waals surface area contributed by atoms with Crippen LogP contribution in [0.2, 0.25) is 0 Å². The molecule has 0 bridgehead atoms. The van der Waals surface area contributed by atoms with E-state index in [1.807, 2.05) is 49.4 Å². The van der Waals surface area contributed by atoms with Gasteiger partial charge in [0.05, 0.1) is 6.07 Å². The molecule has 0 aromatic heterocycles. The van der Waals surface area contributed by atoms with Crippen LogP contribution >= 0.6 is 0 Å². The predicted octanol–water partition coefficient (Wildman–Crippen LogP) is 3.83. The fourth-order valence-electron chi connectivity index (χ4n) is 3.49. The Hall–Kier alpha value is -2.11. The van der Waals surface area contributed by atoms with Gasteiger partial charge in [-0.2, -0.15) is 5.26 Å². The first-order valence-electron chi connectivity index (χ1n) is 7.42. The molecule has 1 aliphatic rings. The molecule has 106 valence electrons. The zero-order chi connectivity index (χ0) is 14.9. The van der Waals surface area contributed by atoms with Crippen molar-refractivity contribution in [3.8, 4) is 6.07 Å². The van der Waals surface area contributed by atoms with Gasteiger partial charge in [0.2, 0.25) is 0 Å². The number of hydrogen-bond donors (Lipinski definition) is 1. The predicted molar refractivity (Wildman–Crippen MR) is 82.8 cm³/mol. The minimum atomic E-state index is -0.832. The van der Waals surface area contributed by atoms with Crippen molar-refractivity contribution in [2.24, 2.45) is 0 Å². The molecular weight excluding hydrogens is 258 g/mol. The molecule has 0 radical (unpaired) electrons. The summed E-state index contributed by atoms with van der Waals surface area (Å²) in [6.45, 7) is 1.98. The van der Waals surface area contributed by atoms with Gasteiger partial charge in [-0.1, -0.05) is 48.5 Å². The summed E-state index contributed by atoms with van der Waals surface area (Å²) in [5.74, 6) is 0. The average molecular weight is 277 g/mol. The van der Waals surface area contributed by atoms with Crippen LogP contribution in [-0.4, -0.2) is 5.11 Å². The highest BCUT2D eigenvalue weighted by molar-refractivity contribution is 5.46. The molecule has 0 aliphatic heterocycles. The summed E-state index contributed by atoms with van der Waals surface area (Å²) in [7, 11) is 0. The average Bonchev–Trinajstić information content (AvgIpc) is 2.54. The van der Waals surface area contributed by atoms with E-state index in [2.05, 4.69) is 12.1 Å². The van der Waals surface area contributed by atoms with Gasteiger partial charge in [-0.05, 0) is 48.4 Å². The Labute approximate surface area is 125 Å². The Kier molecular flexibility index (Phi) is 3.53. The van der Waals surface area contributed by atoms with Gasteiger partial charge >= 0.3 is 0 Å². The van der Waals surface area contributed by atoms with Crippen LogP contribution in [0.1, 0.15) is 41.2 Å². The summed E-state index contributed by atoms with van der Waals surface area (Å²) in [4.78, 5) is 0. The topological polar surface area (TPSA) is 44.0 Å². The van der Waals surface area contributed by atoms with E-state index in [9.17, 15) is 10.4 Å². The van der Waals surface area contributed by atoms with Gasteiger partial charge in [0.15, 0.2) is 0 Å². The van der Waals surface area contributed by atoms with Gasteiger partial charge in [0, 0.05) is 0 Å². The van der Waals surface area contributed by atoms with E-state index >= 15 is 0 Å². The normalized spacial score (nSPS) is 22.1. The maximum atomic E-state index is 11.0. The van der Waals surface area contributed by atoms with Gasteiger partial charge in [-0.15, -0.1) is 0 Å². The van der Waals surface area contributed by atoms with E-state index in [0.29, 0.717) is 6.42 Å². The van der Waals surface area contributed by atoms with Gasteiger partial charge in [0.1, 0.15) is 11.5 Å². The molecule has 1 aliphatic carbocycles. The minimum absolute atomic E-state index is 0.704. The molecule has 3 rings (SSSR count). The van der Waals surface area contributed by atoms with Crippen molar-refractivity contribution in [2.75, 3.05) is 0 Å². The Balaban J connectivity index is 2.15. The van der Waals surface area contributed by atoms with Crippen LogP contribution in [0.15, 0.2) is 48.5 Å². The summed E-state index contributed by atoms with van der Waals surface area (Å²) in [6, 6.07) is 18.3. The molecule has 1 N–H and O–H groups in total. The number of nitrogens with zero attached hydrogens (tertiary/aromatic N) is 1. The number of rotatable bonds is 2. The first-order chi connectivity index (χ1) is 10.2. The summed E-state index contributed by atoms with van der Waals surface area (Å²) in [6.07, 6.45) is 1.84. The number of aliphatic hydroxyl groups is 1. The van der Waals surface area contributed by atoms with Crippen molar-refractivity contribution in [1.29, 1.82) is 5.26 Å². The lowest BCUT2D eigenvalue weighted by Gasteiger charge is -2.37. The summed E-state index contributed by atoms with van der Waals surface area (Å²) < 4.78 is 0. The van der Waals surface area contributed by atoms with Crippen LogP contribution in [0.25, 0.3) is 0 Å². The van der Waals surface area contributed by atoms with Gasteiger partial charge in [-0.3, -0.25) is 0 Å². The summed E-state index contributed by atoms with van der Waals surface area (Å²) in [5, 5.41) is 20.9. The molecule has 2 heteroatoms. The standard InChI is InChI=1S/C19H19NO/c1-14-7-2-4-10-16(14)18(21)19(13-20)12-6-9-15-8-3-5-11-17(15)19/h2-5,7-8,10-11,18,21H,6,9,12H2,1H3. The molecule has 2 aromatic rings. The zero-order valence-electron chi connectivity index (χ0n) is 12.2. The Morgan fingerprint density at radius 2 is 1.86 bits per heavy atom. The fourth-order valence-corrected chi connectivity index (χ4v) is 3.49. The molecule has 0 amide bonds. The fraction of sp³-hybridized carbons (Fsp3) is 0.316. The molecule has 2 nitrogen and oxygen atoms in total. The van der Waals surface area contributed by atoms with E-state index in [-0.39, 0.29) is 0 Å². The molecule has 0 heterocycles. The third-order valence-corrected chi connectivity index (χ3v) is 4.66. The first kappa shape index (κ1) is 13.9. The quantitative estimate of drug-likeness (QED) is 0.906. The van der Waals surface area contributed by atoms with Crippen LogP contribution in [0, 0.1) is 18.3 Å². The van der Waals surface area contributed by atoms with Crippen molar-refractivity contribution >= 4 is 0 Å². The third kappa shape index (κ3) is 2.14. The second kappa shape index (κ2) is 5.35. The van der Waals surface area contributed by atoms with Crippen LogP contribution in [0.4, 0.5) is 0 Å². The summed E-state index contributed by atoms with van der Waals surface area (Å²) >= 11 is 0. The van der Waals surface area contributed by atoms with Crippen molar-refractivity contribution in [1.82, 2.24) is 0 Å². The lowest BCUT2D eigenvalue weighted by molar-refractivity contribution is 0.0990. The smallest absolute Gasteiger partial charge is 0.112 e. The monoisotopic (exact) mass is 277 g/mol. The molecule has 21 heavy (non-hydrogen) atoms. The number of nitriles is 1. The molecule has 2 aromatic carbocycles. The highest BCUT2D eigenvalue weighted by Gasteiger charge is 2.44. The van der Waals surface area contributed by atoms with Gasteiger partial charge in [-0.25, -0.2) is 0 Å². The molecule has 2 unspecified atom stereocenters. The second-order valence-electron chi connectivity index (χ2n) is 5.85. The Morgan fingerprint density at radius 1 is 1.14 bits per heavy atom. The van der Waals surface area contributed by atoms with Crippen LogP contribution in [-0.2, 0) is 11.8 Å². The zero-order valence-corrected chi connectivity index (χ0v) is 12.2. The lowest BCUT2D eigenvalue weighted by atomic mass is 9.66. The first-order valence-corrected chi connectivity index (χ1v) is 7.42. The Morgan fingerprint density at radius 3 is 2.62 bits per heavy atom. The van der Waals surface area contributed by atoms with E-state index in [4.69, 9.17) is 0 Å². The highest BCUT2D eigenvalue weighted by atomic mass is 16.3. The van der Waals surface area contributed by atoms with Gasteiger partial charge < -0.3 is 5.11 Å². The van der Waals surface area contributed by atoms with Crippen molar-refractivity contribution < 1.29 is 5.11 Å². The summed E-state index contributed by atoms with van der Waals surface area (Å²) in [5.41, 5.74) is 3.24. The van der Waals surface area contributed by atoms with Crippen molar-refractivity contribution in [3.05, 3.63) is 70.8 Å². The Bertz CT molecular complexity index is 701. The number of fused-ring (bicyclic) bond motifs is 1. The van der Waals surface area contributed by atoms with Crippen LogP contribution < -0.4 is 0 Å². The molecule has 2 atom stereocenters. The van der Waals surface area contributed by atoms with Crippen LogP contribution in [0.3, 0.4) is 0 Å². The SMILES string of the molecule is Cc1ccccc1C(O)C1(C#N)CCCc2ccccc21. The molecule has 0 spiro atoms. The van der Waals surface area contributed by atoms with E-state index in [1.165, 1.54) is 5.56 Å². The number of aryl methyl sites for hydroxylation is 2. The number of benzene rings is 2. The van der Waals surface area contributed by atoms with E-state index in [1.54, 1.807) is 0 Å². The van der Waals surface area contributed by atoms with E-state index in [0.717, 1.165) is 29.5 Å². The maximum absolute atomic E-state index is 11.0. The molecule has 0 saturated carbocycles. The molecule has 0 fully saturated rings. The molecular formula is C19H19NO. The molecule has 0 saturated heterocycles. The lowest BCUT2D eigenvalue weighted by Crippen LogP contribution is -2.36.